The Labute approximate surface area is 141 Å². The molecule has 0 amide bonds. The molecule has 1 aliphatic rings. The van der Waals surface area contributed by atoms with E-state index in [0.717, 1.165) is 43.4 Å². The van der Waals surface area contributed by atoms with Crippen molar-refractivity contribution in [3.63, 3.8) is 0 Å². The highest BCUT2D eigenvalue weighted by molar-refractivity contribution is 7.80. The fourth-order valence-electron chi connectivity index (χ4n) is 2.54. The van der Waals surface area contributed by atoms with Crippen LogP contribution in [0.1, 0.15) is 0 Å². The van der Waals surface area contributed by atoms with Crippen LogP contribution in [-0.4, -0.2) is 53.3 Å². The summed E-state index contributed by atoms with van der Waals surface area (Å²) in [6, 6.07) is 7.77. The number of methoxy groups -OCH3 is 1. The Morgan fingerprint density at radius 2 is 1.96 bits per heavy atom. The number of para-hydroxylation sites is 2. The molecule has 0 atom stereocenters. The van der Waals surface area contributed by atoms with Gasteiger partial charge in [0.05, 0.1) is 19.0 Å². The Kier molecular flexibility index (Phi) is 4.87. The van der Waals surface area contributed by atoms with Crippen LogP contribution in [-0.2, 0) is 0 Å². The standard InChI is InChI=1S/C16H19N5OS/c1-22-14-5-3-2-4-13(14)19-16(23)21-10-8-20(9-11-21)15-12-17-6-7-18-15/h2-7,12H,8-11H2,1H3,(H,19,23). The van der Waals surface area contributed by atoms with Crippen LogP contribution in [0, 0.1) is 0 Å². The van der Waals surface area contributed by atoms with Gasteiger partial charge in [-0.3, -0.25) is 4.98 Å². The van der Waals surface area contributed by atoms with Crippen LogP contribution in [0.25, 0.3) is 0 Å². The second kappa shape index (κ2) is 7.23. The van der Waals surface area contributed by atoms with Crippen molar-refractivity contribution >= 4 is 28.8 Å². The zero-order valence-corrected chi connectivity index (χ0v) is 13.8. The number of hydrogen-bond acceptors (Lipinski definition) is 5. The molecule has 120 valence electrons. The summed E-state index contributed by atoms with van der Waals surface area (Å²) in [6.07, 6.45) is 5.20. The van der Waals surface area contributed by atoms with E-state index in [9.17, 15) is 0 Å². The molecule has 0 aliphatic carbocycles. The largest absolute Gasteiger partial charge is 0.495 e. The van der Waals surface area contributed by atoms with Gasteiger partial charge in [-0.25, -0.2) is 4.98 Å². The van der Waals surface area contributed by atoms with E-state index in [4.69, 9.17) is 17.0 Å². The van der Waals surface area contributed by atoms with Crippen LogP contribution in [0.2, 0.25) is 0 Å². The Morgan fingerprint density at radius 1 is 1.17 bits per heavy atom. The van der Waals surface area contributed by atoms with Gasteiger partial charge < -0.3 is 19.9 Å². The highest BCUT2D eigenvalue weighted by Gasteiger charge is 2.20. The molecular weight excluding hydrogens is 310 g/mol. The first-order valence-corrected chi connectivity index (χ1v) is 7.88. The maximum atomic E-state index is 5.53. The summed E-state index contributed by atoms with van der Waals surface area (Å²) in [5.74, 6) is 1.70. The summed E-state index contributed by atoms with van der Waals surface area (Å²) >= 11 is 5.53. The SMILES string of the molecule is COc1ccccc1NC(=S)N1CCN(c2cnccn2)CC1. The maximum Gasteiger partial charge on any atom is 0.173 e. The fraction of sp³-hybridized carbons (Fsp3) is 0.312. The minimum atomic E-state index is 0.716. The molecule has 0 saturated carbocycles. The lowest BCUT2D eigenvalue weighted by molar-refractivity contribution is 0.388. The number of benzene rings is 1. The van der Waals surface area contributed by atoms with Crippen molar-refractivity contribution < 1.29 is 4.74 Å². The number of aromatic nitrogens is 2. The van der Waals surface area contributed by atoms with Crippen LogP contribution in [0.5, 0.6) is 5.75 Å². The first-order chi connectivity index (χ1) is 11.3. The summed E-state index contributed by atoms with van der Waals surface area (Å²) in [5, 5.41) is 3.99. The molecule has 23 heavy (non-hydrogen) atoms. The molecule has 0 radical (unpaired) electrons. The van der Waals surface area contributed by atoms with Crippen molar-refractivity contribution in [2.45, 2.75) is 0 Å². The molecule has 0 bridgehead atoms. The van der Waals surface area contributed by atoms with E-state index < -0.39 is 0 Å². The number of rotatable bonds is 3. The Morgan fingerprint density at radius 3 is 2.65 bits per heavy atom. The van der Waals surface area contributed by atoms with Gasteiger partial charge in [-0.15, -0.1) is 0 Å². The van der Waals surface area contributed by atoms with Gasteiger partial charge >= 0.3 is 0 Å². The summed E-state index contributed by atoms with van der Waals surface area (Å²) in [4.78, 5) is 12.8. The number of hydrogen-bond donors (Lipinski definition) is 1. The first-order valence-electron chi connectivity index (χ1n) is 7.48. The second-order valence-corrected chi connectivity index (χ2v) is 5.55. The second-order valence-electron chi connectivity index (χ2n) is 5.17. The van der Waals surface area contributed by atoms with Crippen LogP contribution in [0.3, 0.4) is 0 Å². The third-order valence-electron chi connectivity index (χ3n) is 3.79. The molecule has 3 rings (SSSR count). The van der Waals surface area contributed by atoms with Gasteiger partial charge in [0.15, 0.2) is 5.11 Å². The quantitative estimate of drug-likeness (QED) is 0.864. The van der Waals surface area contributed by atoms with Crippen molar-refractivity contribution in [1.29, 1.82) is 0 Å². The predicted molar refractivity (Wildman–Crippen MR) is 95.0 cm³/mol. The molecule has 6 nitrogen and oxygen atoms in total. The minimum Gasteiger partial charge on any atom is -0.495 e. The van der Waals surface area contributed by atoms with Crippen LogP contribution in [0.4, 0.5) is 11.5 Å². The molecule has 0 unspecified atom stereocenters. The van der Waals surface area contributed by atoms with Gasteiger partial charge in [0.25, 0.3) is 0 Å². The average Bonchev–Trinajstić information content (AvgIpc) is 2.63. The molecule has 1 aromatic carbocycles. The van der Waals surface area contributed by atoms with Crippen LogP contribution >= 0.6 is 12.2 Å². The van der Waals surface area contributed by atoms with Crippen LogP contribution < -0.4 is 15.0 Å². The van der Waals surface area contributed by atoms with E-state index in [-0.39, 0.29) is 0 Å². The van der Waals surface area contributed by atoms with Crippen molar-refractivity contribution in [1.82, 2.24) is 14.9 Å². The normalized spacial score (nSPS) is 14.5. The Hall–Kier alpha value is -2.41. The lowest BCUT2D eigenvalue weighted by Gasteiger charge is -2.36. The molecule has 1 N–H and O–H groups in total. The van der Waals surface area contributed by atoms with Gasteiger partial charge in [0.2, 0.25) is 0 Å². The number of anilines is 2. The fourth-order valence-corrected chi connectivity index (χ4v) is 2.83. The van der Waals surface area contributed by atoms with Crippen molar-refractivity contribution in [3.8, 4) is 5.75 Å². The topological polar surface area (TPSA) is 53.5 Å². The van der Waals surface area contributed by atoms with Gasteiger partial charge in [-0.05, 0) is 24.4 Å². The van der Waals surface area contributed by atoms with E-state index in [0.29, 0.717) is 5.11 Å². The molecule has 7 heteroatoms. The lowest BCUT2D eigenvalue weighted by atomic mass is 10.3. The van der Waals surface area contributed by atoms with Gasteiger partial charge in [0.1, 0.15) is 11.6 Å². The van der Waals surface area contributed by atoms with Crippen molar-refractivity contribution in [2.75, 3.05) is 43.5 Å². The summed E-state index contributed by atoms with van der Waals surface area (Å²) in [7, 11) is 1.66. The number of nitrogens with one attached hydrogen (secondary N) is 1. The van der Waals surface area contributed by atoms with Crippen molar-refractivity contribution in [3.05, 3.63) is 42.9 Å². The predicted octanol–water partition coefficient (Wildman–Crippen LogP) is 2.00. The molecule has 1 fully saturated rings. The first kappa shape index (κ1) is 15.5. The van der Waals surface area contributed by atoms with Gasteiger partial charge in [-0.2, -0.15) is 0 Å². The zero-order chi connectivity index (χ0) is 16.1. The molecule has 2 aromatic rings. The van der Waals surface area contributed by atoms with Crippen molar-refractivity contribution in [2.24, 2.45) is 0 Å². The lowest BCUT2D eigenvalue weighted by Crippen LogP contribution is -2.50. The molecule has 1 aliphatic heterocycles. The molecule has 2 heterocycles. The monoisotopic (exact) mass is 329 g/mol. The molecular formula is C16H19N5OS. The highest BCUT2D eigenvalue weighted by Crippen LogP contribution is 2.23. The summed E-state index contributed by atoms with van der Waals surface area (Å²) in [5.41, 5.74) is 0.886. The molecule has 0 spiro atoms. The van der Waals surface area contributed by atoms with E-state index in [1.807, 2.05) is 24.3 Å². The third-order valence-corrected chi connectivity index (χ3v) is 4.15. The highest BCUT2D eigenvalue weighted by atomic mass is 32.1. The molecule has 1 saturated heterocycles. The number of thiocarbonyl (C=S) groups is 1. The maximum absolute atomic E-state index is 5.53. The average molecular weight is 329 g/mol. The minimum absolute atomic E-state index is 0.716. The van der Waals surface area contributed by atoms with E-state index >= 15 is 0 Å². The van der Waals surface area contributed by atoms with Gasteiger partial charge in [-0.1, -0.05) is 12.1 Å². The van der Waals surface area contributed by atoms with E-state index in [1.54, 1.807) is 25.7 Å². The number of piperazine rings is 1. The van der Waals surface area contributed by atoms with E-state index in [1.165, 1.54) is 0 Å². The Balaban J connectivity index is 1.58. The molecule has 1 aromatic heterocycles. The smallest absolute Gasteiger partial charge is 0.173 e. The summed E-state index contributed by atoms with van der Waals surface area (Å²) < 4.78 is 5.34. The van der Waals surface area contributed by atoms with Crippen LogP contribution in [0.15, 0.2) is 42.9 Å². The zero-order valence-electron chi connectivity index (χ0n) is 13.0. The van der Waals surface area contributed by atoms with E-state index in [2.05, 4.69) is 25.1 Å². The Bertz CT molecular complexity index is 659. The number of nitrogens with zero attached hydrogens (tertiary/aromatic N) is 4. The number of ether oxygens (including phenoxy) is 1. The third kappa shape index (κ3) is 3.68. The van der Waals surface area contributed by atoms with Gasteiger partial charge in [0, 0.05) is 38.6 Å². The summed E-state index contributed by atoms with van der Waals surface area (Å²) in [6.45, 7) is 3.42.